The summed E-state index contributed by atoms with van der Waals surface area (Å²) in [6.45, 7) is 3.81. The van der Waals surface area contributed by atoms with Crippen LogP contribution in [-0.2, 0) is 4.79 Å². The molecule has 0 aromatic heterocycles. The molecule has 1 rings (SSSR count). The number of nitrogens with one attached hydrogen (secondary N) is 1. The maximum atomic E-state index is 13.0. The first kappa shape index (κ1) is 15.8. The SMILES string of the molecule is CC(CO)CSC(C)C(=O)Nc1ccc(F)c(N)c1. The van der Waals surface area contributed by atoms with E-state index in [1.807, 2.05) is 6.92 Å². The van der Waals surface area contributed by atoms with Crippen LogP contribution in [0, 0.1) is 11.7 Å². The highest BCUT2D eigenvalue weighted by atomic mass is 32.2. The number of thioether (sulfide) groups is 1. The predicted molar refractivity (Wildman–Crippen MR) is 77.6 cm³/mol. The number of nitrogen functional groups attached to an aromatic ring is 1. The highest BCUT2D eigenvalue weighted by molar-refractivity contribution is 8.00. The van der Waals surface area contributed by atoms with Crippen LogP contribution in [0.25, 0.3) is 0 Å². The first-order chi connectivity index (χ1) is 8.93. The van der Waals surface area contributed by atoms with Crippen LogP contribution < -0.4 is 11.1 Å². The molecule has 106 valence electrons. The quantitative estimate of drug-likeness (QED) is 0.700. The van der Waals surface area contributed by atoms with E-state index in [1.54, 1.807) is 6.92 Å². The molecule has 0 aliphatic heterocycles. The number of carbonyl (C=O) groups is 1. The van der Waals surface area contributed by atoms with Crippen molar-refractivity contribution in [3.63, 3.8) is 0 Å². The first-order valence-electron chi connectivity index (χ1n) is 6.02. The maximum absolute atomic E-state index is 13.0. The van der Waals surface area contributed by atoms with Crippen molar-refractivity contribution in [1.29, 1.82) is 0 Å². The maximum Gasteiger partial charge on any atom is 0.237 e. The van der Waals surface area contributed by atoms with Crippen LogP contribution in [0.4, 0.5) is 15.8 Å². The van der Waals surface area contributed by atoms with Gasteiger partial charge in [-0.2, -0.15) is 0 Å². The van der Waals surface area contributed by atoms with Crippen molar-refractivity contribution >= 4 is 29.0 Å². The summed E-state index contributed by atoms with van der Waals surface area (Å²) in [5, 5.41) is 11.3. The van der Waals surface area contributed by atoms with Crippen LogP contribution in [-0.4, -0.2) is 28.6 Å². The van der Waals surface area contributed by atoms with Gasteiger partial charge >= 0.3 is 0 Å². The van der Waals surface area contributed by atoms with Gasteiger partial charge in [-0.1, -0.05) is 6.92 Å². The largest absolute Gasteiger partial charge is 0.396 e. The minimum atomic E-state index is -0.503. The lowest BCUT2D eigenvalue weighted by molar-refractivity contribution is -0.115. The van der Waals surface area contributed by atoms with Gasteiger partial charge in [0.05, 0.1) is 10.9 Å². The molecule has 4 nitrogen and oxygen atoms in total. The molecule has 19 heavy (non-hydrogen) atoms. The lowest BCUT2D eigenvalue weighted by Gasteiger charge is -2.14. The number of amides is 1. The van der Waals surface area contributed by atoms with Crippen LogP contribution in [0.15, 0.2) is 18.2 Å². The lowest BCUT2D eigenvalue weighted by Crippen LogP contribution is -2.23. The molecule has 0 heterocycles. The third-order valence-electron chi connectivity index (χ3n) is 2.58. The van der Waals surface area contributed by atoms with Crippen LogP contribution in [0.3, 0.4) is 0 Å². The van der Waals surface area contributed by atoms with E-state index >= 15 is 0 Å². The summed E-state index contributed by atoms with van der Waals surface area (Å²) in [6, 6.07) is 4.08. The van der Waals surface area contributed by atoms with Gasteiger partial charge in [-0.3, -0.25) is 4.79 Å². The Hall–Kier alpha value is -1.27. The van der Waals surface area contributed by atoms with Gasteiger partial charge in [-0.05, 0) is 36.8 Å². The van der Waals surface area contributed by atoms with Crippen molar-refractivity contribution in [2.24, 2.45) is 5.92 Å². The number of rotatable bonds is 6. The Morgan fingerprint density at radius 1 is 1.53 bits per heavy atom. The minimum Gasteiger partial charge on any atom is -0.396 e. The highest BCUT2D eigenvalue weighted by Crippen LogP contribution is 2.19. The van der Waals surface area contributed by atoms with Gasteiger partial charge in [0, 0.05) is 12.3 Å². The van der Waals surface area contributed by atoms with E-state index < -0.39 is 5.82 Å². The average molecular weight is 286 g/mol. The van der Waals surface area contributed by atoms with Gasteiger partial charge < -0.3 is 16.2 Å². The predicted octanol–water partition coefficient (Wildman–Crippen LogP) is 2.10. The number of benzene rings is 1. The summed E-state index contributed by atoms with van der Waals surface area (Å²) in [5.41, 5.74) is 5.91. The molecule has 0 aliphatic rings. The second kappa shape index (κ2) is 7.35. The first-order valence-corrected chi connectivity index (χ1v) is 7.07. The molecule has 0 bridgehead atoms. The third-order valence-corrected chi connectivity index (χ3v) is 4.05. The summed E-state index contributed by atoms with van der Waals surface area (Å²) >= 11 is 1.47. The molecule has 0 spiro atoms. The minimum absolute atomic E-state index is 0.00649. The zero-order valence-corrected chi connectivity index (χ0v) is 11.8. The third kappa shape index (κ3) is 5.08. The Balaban J connectivity index is 2.51. The van der Waals surface area contributed by atoms with Crippen molar-refractivity contribution in [1.82, 2.24) is 0 Å². The molecule has 0 fully saturated rings. The molecule has 1 amide bonds. The number of hydrogen-bond donors (Lipinski definition) is 3. The van der Waals surface area contributed by atoms with E-state index in [4.69, 9.17) is 10.8 Å². The summed E-state index contributed by atoms with van der Waals surface area (Å²) < 4.78 is 13.0. The molecule has 1 aromatic rings. The van der Waals surface area contributed by atoms with Crippen molar-refractivity contribution in [2.75, 3.05) is 23.4 Å². The Bertz CT molecular complexity index is 443. The number of carbonyl (C=O) groups excluding carboxylic acids is 1. The molecule has 2 unspecified atom stereocenters. The van der Waals surface area contributed by atoms with E-state index in [-0.39, 0.29) is 29.4 Å². The smallest absolute Gasteiger partial charge is 0.237 e. The van der Waals surface area contributed by atoms with Crippen LogP contribution in [0.2, 0.25) is 0 Å². The number of anilines is 2. The zero-order valence-electron chi connectivity index (χ0n) is 11.0. The molecule has 1 aromatic carbocycles. The van der Waals surface area contributed by atoms with Gasteiger partial charge in [-0.15, -0.1) is 11.8 Å². The summed E-state index contributed by atoms with van der Waals surface area (Å²) in [6.07, 6.45) is 0. The van der Waals surface area contributed by atoms with E-state index in [2.05, 4.69) is 5.32 Å². The van der Waals surface area contributed by atoms with E-state index in [0.29, 0.717) is 11.4 Å². The second-order valence-electron chi connectivity index (χ2n) is 4.49. The van der Waals surface area contributed by atoms with E-state index in [0.717, 1.165) is 0 Å². The molecular weight excluding hydrogens is 267 g/mol. The van der Waals surface area contributed by atoms with Crippen LogP contribution >= 0.6 is 11.8 Å². The number of nitrogens with two attached hydrogens (primary N) is 1. The van der Waals surface area contributed by atoms with Gasteiger partial charge in [0.2, 0.25) is 5.91 Å². The molecule has 0 aliphatic carbocycles. The van der Waals surface area contributed by atoms with E-state index in [1.165, 1.54) is 30.0 Å². The molecule has 2 atom stereocenters. The normalized spacial score (nSPS) is 13.9. The van der Waals surface area contributed by atoms with Crippen molar-refractivity contribution in [3.05, 3.63) is 24.0 Å². The van der Waals surface area contributed by atoms with E-state index in [9.17, 15) is 9.18 Å². The highest BCUT2D eigenvalue weighted by Gasteiger charge is 2.15. The molecule has 0 saturated carbocycles. The van der Waals surface area contributed by atoms with Gasteiger partial charge in [-0.25, -0.2) is 4.39 Å². The van der Waals surface area contributed by atoms with Crippen molar-refractivity contribution in [3.8, 4) is 0 Å². The monoisotopic (exact) mass is 286 g/mol. The standard InChI is InChI=1S/C13H19FN2O2S/c1-8(6-17)7-19-9(2)13(18)16-10-3-4-11(14)12(15)5-10/h3-5,8-9,17H,6-7,15H2,1-2H3,(H,16,18). The fourth-order valence-electron chi connectivity index (χ4n) is 1.30. The van der Waals surface area contributed by atoms with Crippen molar-refractivity contribution < 1.29 is 14.3 Å². The molecule has 0 radical (unpaired) electrons. The van der Waals surface area contributed by atoms with Crippen LogP contribution in [0.5, 0.6) is 0 Å². The molecule has 6 heteroatoms. The lowest BCUT2D eigenvalue weighted by atomic mass is 10.2. The van der Waals surface area contributed by atoms with Gasteiger partial charge in [0.25, 0.3) is 0 Å². The van der Waals surface area contributed by atoms with Crippen molar-refractivity contribution in [2.45, 2.75) is 19.1 Å². The Morgan fingerprint density at radius 2 is 2.21 bits per heavy atom. The molecule has 4 N–H and O–H groups in total. The second-order valence-corrected chi connectivity index (χ2v) is 5.86. The number of halogens is 1. The Labute approximate surface area is 116 Å². The fraction of sp³-hybridized carbons (Fsp3) is 0.462. The van der Waals surface area contributed by atoms with Gasteiger partial charge in [0.1, 0.15) is 5.82 Å². The molecule has 0 saturated heterocycles. The summed E-state index contributed by atoms with van der Waals surface area (Å²) in [4.78, 5) is 11.9. The number of aliphatic hydroxyl groups excluding tert-OH is 1. The Morgan fingerprint density at radius 3 is 2.79 bits per heavy atom. The average Bonchev–Trinajstić information content (AvgIpc) is 2.39. The van der Waals surface area contributed by atoms with Gasteiger partial charge in [0.15, 0.2) is 0 Å². The molecular formula is C13H19FN2O2S. The number of aliphatic hydroxyl groups is 1. The van der Waals surface area contributed by atoms with Crippen LogP contribution in [0.1, 0.15) is 13.8 Å². The summed E-state index contributed by atoms with van der Waals surface area (Å²) in [7, 11) is 0. The number of hydrogen-bond acceptors (Lipinski definition) is 4. The topological polar surface area (TPSA) is 75.3 Å². The summed E-state index contributed by atoms with van der Waals surface area (Å²) in [5.74, 6) is 0.191. The fourth-order valence-corrected chi connectivity index (χ4v) is 2.24. The zero-order chi connectivity index (χ0) is 14.4. The Kier molecular flexibility index (Phi) is 6.11.